The molecule has 11 aromatic rings. The second-order valence-corrected chi connectivity index (χ2v) is 29.2. The third kappa shape index (κ3) is 16.9. The molecule has 0 aliphatic heterocycles. The molecule has 0 unspecified atom stereocenters. The smallest absolute Gasteiger partial charge is 0.261 e. The second kappa shape index (κ2) is 28.2. The number of carbonyl (C=O) groups is 1. The molecule has 0 aliphatic rings. The lowest BCUT2D eigenvalue weighted by molar-refractivity contribution is 0.102. The topological polar surface area (TPSA) is 283 Å². The molecule has 0 spiro atoms. The van der Waals surface area contributed by atoms with Crippen LogP contribution < -0.4 is 18.5 Å². The van der Waals surface area contributed by atoms with E-state index in [0.29, 0.717) is 36.9 Å². The molecule has 3 N–H and O–H groups in total. The van der Waals surface area contributed by atoms with Gasteiger partial charge in [0.25, 0.3) is 15.9 Å². The molecule has 11 rings (SSSR count). The Kier molecular flexibility index (Phi) is 20.8. The molecule has 0 saturated carbocycles. The van der Waals surface area contributed by atoms with Crippen molar-refractivity contribution in [2.75, 3.05) is 35.7 Å². The molecule has 5 heterocycles. The first kappa shape index (κ1) is 64.9. The van der Waals surface area contributed by atoms with Crippen LogP contribution in [0.25, 0.3) is 54.3 Å². The van der Waals surface area contributed by atoms with E-state index in [1.807, 2.05) is 100 Å². The predicted octanol–water partition coefficient (Wildman–Crippen LogP) is 12.1. The Morgan fingerprint density at radius 1 is 0.455 bits per heavy atom. The third-order valence-corrected chi connectivity index (χ3v) is 20.8. The maximum atomic E-state index is 12.9. The number of anilines is 4. The molecule has 0 bridgehead atoms. The van der Waals surface area contributed by atoms with E-state index in [1.165, 1.54) is 12.3 Å². The first-order valence-corrected chi connectivity index (χ1v) is 34.3. The summed E-state index contributed by atoms with van der Waals surface area (Å²) in [7, 11) is -15.0. The van der Waals surface area contributed by atoms with Crippen molar-refractivity contribution in [2.24, 2.45) is 17.8 Å². The number of sulfonamides is 4. The second-order valence-electron chi connectivity index (χ2n) is 21.8. The number of fused-ring (bicyclic) bond motifs is 5. The van der Waals surface area contributed by atoms with Crippen LogP contribution in [0, 0.1) is 31.6 Å². The molecule has 0 atom stereocenters. The van der Waals surface area contributed by atoms with E-state index in [2.05, 4.69) is 50.1 Å². The summed E-state index contributed by atoms with van der Waals surface area (Å²) in [4.78, 5) is 25.1. The van der Waals surface area contributed by atoms with Gasteiger partial charge < -0.3 is 5.32 Å². The quantitative estimate of drug-likeness (QED) is 0.0810. The average molecular weight is 1260 g/mol. The Labute approximate surface area is 513 Å². The van der Waals surface area contributed by atoms with Crippen LogP contribution in [0.1, 0.15) is 63.3 Å². The molecule has 6 aromatic carbocycles. The number of benzene rings is 6. The first-order valence-electron chi connectivity index (χ1n) is 27.9. The molecule has 0 aliphatic carbocycles. The van der Waals surface area contributed by atoms with Crippen LogP contribution in [-0.4, -0.2) is 92.2 Å². The zero-order valence-electron chi connectivity index (χ0n) is 49.6. The fourth-order valence-corrected chi connectivity index (χ4v) is 16.5. The summed E-state index contributed by atoms with van der Waals surface area (Å²) in [5, 5.41) is 24.7. The number of nitrogens with zero attached hydrogens (tertiary/aromatic N) is 8. The van der Waals surface area contributed by atoms with Crippen molar-refractivity contribution in [1.82, 2.24) is 35.3 Å². The first-order chi connectivity index (χ1) is 41.8. The van der Waals surface area contributed by atoms with E-state index >= 15 is 0 Å². The lowest BCUT2D eigenvalue weighted by Gasteiger charge is -2.26. The van der Waals surface area contributed by atoms with E-state index in [-0.39, 0.29) is 51.5 Å². The van der Waals surface area contributed by atoms with Gasteiger partial charge in [0.1, 0.15) is 0 Å². The van der Waals surface area contributed by atoms with Crippen LogP contribution in [0.3, 0.4) is 0 Å². The van der Waals surface area contributed by atoms with Crippen molar-refractivity contribution in [2.45, 2.75) is 60.3 Å². The Morgan fingerprint density at radius 2 is 0.966 bits per heavy atom. The van der Waals surface area contributed by atoms with Gasteiger partial charge in [-0.3, -0.25) is 29.2 Å². The Balaban J connectivity index is 0.000000153. The van der Waals surface area contributed by atoms with Gasteiger partial charge in [-0.25, -0.2) is 33.7 Å². The van der Waals surface area contributed by atoms with E-state index in [4.69, 9.17) is 0 Å². The summed E-state index contributed by atoms with van der Waals surface area (Å²) >= 11 is 0. The van der Waals surface area contributed by atoms with Crippen molar-refractivity contribution in [3.63, 3.8) is 0 Å². The molecule has 1 amide bonds. The number of aromatic nitrogens is 7. The SMILES string of the molecule is CC(C)CS(=O)(=O)N(c1cccc2cnccc12)S(=O)(=O)CC(C)C.CC(C)CS(=O)(=O)Nc1cccc2cnccc12.Cc1cc2c(NC(=O)c3ccc4ncccc4c3)cccc2nn1.Cc1cc2c(NS(=O)(=O)c3ccccc3)cccc2nn1. The summed E-state index contributed by atoms with van der Waals surface area (Å²) in [6.45, 7) is 14.4. The van der Waals surface area contributed by atoms with E-state index in [1.54, 1.807) is 131 Å². The maximum absolute atomic E-state index is 12.9. The van der Waals surface area contributed by atoms with E-state index in [9.17, 15) is 38.5 Å². The van der Waals surface area contributed by atoms with Crippen LogP contribution >= 0.6 is 0 Å². The molecule has 20 nitrogen and oxygen atoms in total. The third-order valence-electron chi connectivity index (χ3n) is 12.9. The molecular formula is C64H67N11O9S4. The number of amides is 1. The summed E-state index contributed by atoms with van der Waals surface area (Å²) in [5.74, 6) is -0.829. The summed E-state index contributed by atoms with van der Waals surface area (Å²) < 4.78 is 106. The minimum Gasteiger partial charge on any atom is -0.321 e. The highest BCUT2D eigenvalue weighted by molar-refractivity contribution is 8.10. The Bertz CT molecular complexity index is 4720. The molecule has 456 valence electrons. The molecule has 0 fully saturated rings. The minimum atomic E-state index is -4.04. The molecule has 0 radical (unpaired) electrons. The van der Waals surface area contributed by atoms with Crippen molar-refractivity contribution < 1.29 is 38.5 Å². The number of nitrogens with one attached hydrogen (secondary N) is 3. The van der Waals surface area contributed by atoms with Gasteiger partial charge >= 0.3 is 0 Å². The van der Waals surface area contributed by atoms with Crippen molar-refractivity contribution in [3.8, 4) is 0 Å². The van der Waals surface area contributed by atoms with Crippen LogP contribution in [0.5, 0.6) is 0 Å². The Hall–Kier alpha value is -9.10. The van der Waals surface area contributed by atoms with E-state index in [0.717, 1.165) is 55.0 Å². The monoisotopic (exact) mass is 1260 g/mol. The van der Waals surface area contributed by atoms with Gasteiger partial charge in [0.2, 0.25) is 30.1 Å². The van der Waals surface area contributed by atoms with Crippen molar-refractivity contribution in [3.05, 3.63) is 206 Å². The van der Waals surface area contributed by atoms with Crippen LogP contribution in [0.4, 0.5) is 22.7 Å². The largest absolute Gasteiger partial charge is 0.321 e. The summed E-state index contributed by atoms with van der Waals surface area (Å²) in [6, 6.07) is 46.0. The van der Waals surface area contributed by atoms with Gasteiger partial charge in [-0.1, -0.05) is 102 Å². The lowest BCUT2D eigenvalue weighted by atomic mass is 10.1. The molecular weight excluding hydrogens is 1200 g/mol. The number of hydrogen-bond acceptors (Lipinski definition) is 16. The van der Waals surface area contributed by atoms with Gasteiger partial charge in [-0.15, -0.1) is 0 Å². The van der Waals surface area contributed by atoms with Crippen LogP contribution in [-0.2, 0) is 40.1 Å². The number of rotatable bonds is 16. The summed E-state index contributed by atoms with van der Waals surface area (Å²) in [5.41, 5.74) is 6.37. The van der Waals surface area contributed by atoms with Crippen molar-refractivity contribution >= 4 is 123 Å². The van der Waals surface area contributed by atoms with Gasteiger partial charge in [-0.2, -0.15) is 24.1 Å². The van der Waals surface area contributed by atoms with Gasteiger partial charge in [0.05, 0.1) is 72.8 Å². The predicted molar refractivity (Wildman–Crippen MR) is 351 cm³/mol. The normalized spacial score (nSPS) is 11.8. The fourth-order valence-electron chi connectivity index (χ4n) is 9.31. The van der Waals surface area contributed by atoms with Gasteiger partial charge in [0, 0.05) is 74.3 Å². The van der Waals surface area contributed by atoms with Gasteiger partial charge in [0.15, 0.2) is 0 Å². The van der Waals surface area contributed by atoms with Crippen molar-refractivity contribution in [1.29, 1.82) is 0 Å². The Morgan fingerprint density at radius 3 is 1.56 bits per heavy atom. The summed E-state index contributed by atoms with van der Waals surface area (Å²) in [6.07, 6.45) is 8.22. The highest BCUT2D eigenvalue weighted by Gasteiger charge is 2.36. The van der Waals surface area contributed by atoms with Crippen LogP contribution in [0.2, 0.25) is 0 Å². The highest BCUT2D eigenvalue weighted by Crippen LogP contribution is 2.33. The maximum Gasteiger partial charge on any atom is 0.261 e. The number of pyridine rings is 3. The highest BCUT2D eigenvalue weighted by atomic mass is 32.3. The molecule has 88 heavy (non-hydrogen) atoms. The average Bonchev–Trinajstić information content (AvgIpc) is 1.36. The fraction of sp³-hybridized carbons (Fsp3) is 0.219. The van der Waals surface area contributed by atoms with Gasteiger partial charge in [-0.05, 0) is 129 Å². The van der Waals surface area contributed by atoms with Crippen LogP contribution in [0.15, 0.2) is 194 Å². The molecule has 24 heteroatoms. The molecule has 0 saturated heterocycles. The van der Waals surface area contributed by atoms with E-state index < -0.39 is 40.1 Å². The lowest BCUT2D eigenvalue weighted by Crippen LogP contribution is -2.41. The number of aryl methyl sites for hydroxylation is 2. The number of hydrogen-bond donors (Lipinski definition) is 3. The zero-order valence-corrected chi connectivity index (χ0v) is 52.9. The standard InChI is InChI=1S/C19H14N4O.C17H24N2O4S2.C15H13N3O2S.C13H16N2O2S/c1-12-10-15-17(5-2-6-18(15)23-22-12)21-19(24)14-7-8-16-13(11-14)4-3-9-20-16;1-13(2)11-24(20,21)19(25(22,23)12-14(3)4)17-7-5-6-15-10-18-9-8-16(15)17;1-11-10-13-14(17-16-11)8-5-9-15(13)18-21(19,20)12-6-3-2-4-7-12;1-10(2)9-18(16,17)15-13-5-3-4-11-8-14-7-6-12(11)13/h2-11H,1H3,(H,21,24);5-10,13-14H,11-12H2,1-4H3;2-10,18H,1H3;3-8,10,15H,9H2,1-2H3. The number of carbonyl (C=O) groups excluding carboxylic acids is 1. The molecule has 5 aromatic heterocycles. The zero-order chi connectivity index (χ0) is 63.4. The minimum absolute atomic E-state index is 0.0964.